The molecule has 5 nitrogen and oxygen atoms in total. The van der Waals surface area contributed by atoms with Gasteiger partial charge >= 0.3 is 0 Å². The standard InChI is InChI=1S/C11H17ClN2O3/c1-7(2)14-4-8(12)3-10(14)11(17)13-9(5-15)6-16/h3-4,7,9,15-16H,5-6H2,1-2H3,(H,13,17). The molecule has 1 rings (SSSR count). The molecule has 1 heterocycles. The van der Waals surface area contributed by atoms with Gasteiger partial charge in [0, 0.05) is 12.2 Å². The van der Waals surface area contributed by atoms with E-state index in [2.05, 4.69) is 5.32 Å². The summed E-state index contributed by atoms with van der Waals surface area (Å²) in [5, 5.41) is 20.8. The van der Waals surface area contributed by atoms with Gasteiger partial charge < -0.3 is 20.1 Å². The number of hydrogen-bond donors (Lipinski definition) is 3. The number of nitrogens with zero attached hydrogens (tertiary/aromatic N) is 1. The second kappa shape index (κ2) is 6.05. The molecule has 17 heavy (non-hydrogen) atoms. The molecule has 0 spiro atoms. The molecule has 0 bridgehead atoms. The highest BCUT2D eigenvalue weighted by Gasteiger charge is 2.17. The number of aliphatic hydroxyl groups is 2. The summed E-state index contributed by atoms with van der Waals surface area (Å²) in [7, 11) is 0. The molecule has 3 N–H and O–H groups in total. The monoisotopic (exact) mass is 260 g/mol. The van der Waals surface area contributed by atoms with Crippen LogP contribution in [0, 0.1) is 0 Å². The molecule has 0 aromatic carbocycles. The van der Waals surface area contributed by atoms with Crippen LogP contribution in [-0.4, -0.2) is 39.9 Å². The number of halogens is 1. The zero-order chi connectivity index (χ0) is 13.0. The summed E-state index contributed by atoms with van der Waals surface area (Å²) in [6.07, 6.45) is 1.67. The third-order valence-corrected chi connectivity index (χ3v) is 2.59. The van der Waals surface area contributed by atoms with Gasteiger partial charge in [-0.3, -0.25) is 4.79 Å². The van der Waals surface area contributed by atoms with Gasteiger partial charge in [0.1, 0.15) is 5.69 Å². The first-order chi connectivity index (χ1) is 7.99. The van der Waals surface area contributed by atoms with E-state index in [1.807, 2.05) is 13.8 Å². The molecule has 6 heteroatoms. The Morgan fingerprint density at radius 1 is 1.47 bits per heavy atom. The molecular weight excluding hydrogens is 244 g/mol. The van der Waals surface area contributed by atoms with Crippen LogP contribution in [0.5, 0.6) is 0 Å². The molecule has 0 atom stereocenters. The van der Waals surface area contributed by atoms with Crippen molar-refractivity contribution in [3.63, 3.8) is 0 Å². The Hall–Kier alpha value is -1.04. The number of nitrogens with one attached hydrogen (secondary N) is 1. The average molecular weight is 261 g/mol. The van der Waals surface area contributed by atoms with Crippen LogP contribution >= 0.6 is 11.6 Å². The van der Waals surface area contributed by atoms with Crippen LogP contribution < -0.4 is 5.32 Å². The second-order valence-corrected chi connectivity index (χ2v) is 4.52. The Labute approximate surface area is 105 Å². The lowest BCUT2D eigenvalue weighted by atomic mass is 10.3. The Bertz CT molecular complexity index is 386. The summed E-state index contributed by atoms with van der Waals surface area (Å²) in [4.78, 5) is 11.9. The average Bonchev–Trinajstić information content (AvgIpc) is 2.68. The van der Waals surface area contributed by atoms with Crippen molar-refractivity contribution in [2.24, 2.45) is 0 Å². The lowest BCUT2D eigenvalue weighted by Crippen LogP contribution is -2.40. The van der Waals surface area contributed by atoms with E-state index < -0.39 is 6.04 Å². The first-order valence-electron chi connectivity index (χ1n) is 5.39. The maximum Gasteiger partial charge on any atom is 0.268 e. The van der Waals surface area contributed by atoms with Gasteiger partial charge in [-0.1, -0.05) is 11.6 Å². The second-order valence-electron chi connectivity index (χ2n) is 4.08. The van der Waals surface area contributed by atoms with Crippen LogP contribution in [0.1, 0.15) is 30.4 Å². The minimum atomic E-state index is -0.656. The van der Waals surface area contributed by atoms with Gasteiger partial charge in [-0.25, -0.2) is 0 Å². The van der Waals surface area contributed by atoms with Crippen molar-refractivity contribution < 1.29 is 15.0 Å². The van der Waals surface area contributed by atoms with E-state index in [0.717, 1.165) is 0 Å². The first-order valence-corrected chi connectivity index (χ1v) is 5.77. The van der Waals surface area contributed by atoms with Gasteiger partial charge in [0.2, 0.25) is 0 Å². The van der Waals surface area contributed by atoms with E-state index in [4.69, 9.17) is 21.8 Å². The van der Waals surface area contributed by atoms with Crippen molar-refractivity contribution in [2.45, 2.75) is 25.9 Å². The lowest BCUT2D eigenvalue weighted by molar-refractivity contribution is 0.0868. The number of rotatable bonds is 5. The molecule has 1 aromatic heterocycles. The molecule has 1 aromatic rings. The molecule has 0 radical (unpaired) electrons. The Kier molecular flexibility index (Phi) is 4.99. The van der Waals surface area contributed by atoms with Gasteiger partial charge in [-0.15, -0.1) is 0 Å². The Morgan fingerprint density at radius 3 is 2.53 bits per heavy atom. The summed E-state index contributed by atoms with van der Waals surface area (Å²) < 4.78 is 1.74. The minimum Gasteiger partial charge on any atom is -0.394 e. The summed E-state index contributed by atoms with van der Waals surface area (Å²) in [6, 6.07) is 1.00. The fraction of sp³-hybridized carbons (Fsp3) is 0.545. The van der Waals surface area contributed by atoms with E-state index in [9.17, 15) is 4.79 Å². The molecule has 0 saturated carbocycles. The molecule has 0 fully saturated rings. The van der Waals surface area contributed by atoms with Gasteiger partial charge in [0.25, 0.3) is 5.91 Å². The fourth-order valence-corrected chi connectivity index (χ4v) is 1.67. The van der Waals surface area contributed by atoms with Crippen LogP contribution in [0.4, 0.5) is 0 Å². The van der Waals surface area contributed by atoms with Crippen molar-refractivity contribution in [1.82, 2.24) is 9.88 Å². The highest BCUT2D eigenvalue weighted by molar-refractivity contribution is 6.31. The normalized spacial score (nSPS) is 11.2. The molecular formula is C11H17ClN2O3. The predicted octanol–water partition coefficient (Wildman–Crippen LogP) is 0.805. The van der Waals surface area contributed by atoms with Crippen molar-refractivity contribution >= 4 is 17.5 Å². The zero-order valence-corrected chi connectivity index (χ0v) is 10.6. The summed E-state index contributed by atoms with van der Waals surface area (Å²) >= 11 is 5.86. The third-order valence-electron chi connectivity index (χ3n) is 2.38. The number of carbonyl (C=O) groups excluding carboxylic acids is 1. The van der Waals surface area contributed by atoms with Gasteiger partial charge in [0.15, 0.2) is 0 Å². The largest absolute Gasteiger partial charge is 0.394 e. The van der Waals surface area contributed by atoms with E-state index in [-0.39, 0.29) is 25.2 Å². The minimum absolute atomic E-state index is 0.102. The van der Waals surface area contributed by atoms with Gasteiger partial charge in [0.05, 0.1) is 24.3 Å². The van der Waals surface area contributed by atoms with Gasteiger partial charge in [-0.05, 0) is 19.9 Å². The highest BCUT2D eigenvalue weighted by Crippen LogP contribution is 2.18. The summed E-state index contributed by atoms with van der Waals surface area (Å²) in [5.41, 5.74) is 0.414. The van der Waals surface area contributed by atoms with Crippen molar-refractivity contribution in [1.29, 1.82) is 0 Å². The van der Waals surface area contributed by atoms with E-state index in [1.165, 1.54) is 0 Å². The van der Waals surface area contributed by atoms with Crippen LogP contribution in [0.15, 0.2) is 12.3 Å². The topological polar surface area (TPSA) is 74.5 Å². The van der Waals surface area contributed by atoms with Crippen LogP contribution in [0.3, 0.4) is 0 Å². The number of hydrogen-bond acceptors (Lipinski definition) is 3. The van der Waals surface area contributed by atoms with Crippen LogP contribution in [-0.2, 0) is 0 Å². The van der Waals surface area contributed by atoms with Crippen LogP contribution in [0.2, 0.25) is 5.02 Å². The Balaban J connectivity index is 2.88. The molecule has 0 aliphatic rings. The molecule has 0 unspecified atom stereocenters. The maximum absolute atomic E-state index is 11.9. The lowest BCUT2D eigenvalue weighted by Gasteiger charge is -2.16. The summed E-state index contributed by atoms with van der Waals surface area (Å²) in [6.45, 7) is 3.25. The Morgan fingerprint density at radius 2 is 2.06 bits per heavy atom. The SMILES string of the molecule is CC(C)n1cc(Cl)cc1C(=O)NC(CO)CO. The number of aliphatic hydroxyl groups excluding tert-OH is 2. The third kappa shape index (κ3) is 3.46. The molecule has 0 aliphatic heterocycles. The predicted molar refractivity (Wildman–Crippen MR) is 65.3 cm³/mol. The van der Waals surface area contributed by atoms with Crippen LogP contribution in [0.25, 0.3) is 0 Å². The zero-order valence-electron chi connectivity index (χ0n) is 9.85. The smallest absolute Gasteiger partial charge is 0.268 e. The summed E-state index contributed by atoms with van der Waals surface area (Å²) in [5.74, 6) is -0.362. The number of carbonyl (C=O) groups is 1. The van der Waals surface area contributed by atoms with E-state index in [0.29, 0.717) is 10.7 Å². The maximum atomic E-state index is 11.9. The van der Waals surface area contributed by atoms with E-state index in [1.54, 1.807) is 16.8 Å². The first kappa shape index (κ1) is 14.0. The highest BCUT2D eigenvalue weighted by atomic mass is 35.5. The molecule has 96 valence electrons. The van der Waals surface area contributed by atoms with Gasteiger partial charge in [-0.2, -0.15) is 0 Å². The molecule has 0 saturated heterocycles. The molecule has 0 aliphatic carbocycles. The van der Waals surface area contributed by atoms with Crippen molar-refractivity contribution in [2.75, 3.05) is 13.2 Å². The number of amides is 1. The quantitative estimate of drug-likeness (QED) is 0.733. The van der Waals surface area contributed by atoms with Crippen molar-refractivity contribution in [3.8, 4) is 0 Å². The van der Waals surface area contributed by atoms with Crippen molar-refractivity contribution in [3.05, 3.63) is 23.0 Å². The molecule has 1 amide bonds. The van der Waals surface area contributed by atoms with E-state index >= 15 is 0 Å². The fourth-order valence-electron chi connectivity index (χ4n) is 1.46. The number of aromatic nitrogens is 1.